The molecule has 3 rings (SSSR count). The van der Waals surface area contributed by atoms with Gasteiger partial charge in [0.15, 0.2) is 9.84 Å². The zero-order valence-corrected chi connectivity index (χ0v) is 13.7. The highest BCUT2D eigenvalue weighted by atomic mass is 32.2. The molecular formula is C17H17FN2O3S. The zero-order valence-electron chi connectivity index (χ0n) is 12.9. The lowest BCUT2D eigenvalue weighted by atomic mass is 10.1. The summed E-state index contributed by atoms with van der Waals surface area (Å²) < 4.78 is 35.8. The largest absolute Gasteiger partial charge is 0.348 e. The maximum absolute atomic E-state index is 12.9. The Labute approximate surface area is 139 Å². The van der Waals surface area contributed by atoms with Crippen molar-refractivity contribution in [3.63, 3.8) is 0 Å². The smallest absolute Gasteiger partial charge is 0.251 e. The van der Waals surface area contributed by atoms with E-state index in [4.69, 9.17) is 0 Å². The number of halogens is 1. The first-order chi connectivity index (χ1) is 11.4. The van der Waals surface area contributed by atoms with Crippen molar-refractivity contribution < 1.29 is 17.6 Å². The van der Waals surface area contributed by atoms with Crippen LogP contribution in [0.25, 0.3) is 0 Å². The van der Waals surface area contributed by atoms with E-state index in [0.717, 1.165) is 5.56 Å². The van der Waals surface area contributed by atoms with E-state index >= 15 is 0 Å². The van der Waals surface area contributed by atoms with Gasteiger partial charge in [-0.2, -0.15) is 0 Å². The van der Waals surface area contributed by atoms with Crippen molar-refractivity contribution in [3.05, 3.63) is 65.2 Å². The van der Waals surface area contributed by atoms with Gasteiger partial charge in [-0.15, -0.1) is 0 Å². The molecule has 0 saturated carbocycles. The summed E-state index contributed by atoms with van der Waals surface area (Å²) in [5.74, 6) is -0.498. The summed E-state index contributed by atoms with van der Waals surface area (Å²) in [7, 11) is -3.03. The molecule has 1 aliphatic rings. The van der Waals surface area contributed by atoms with Crippen molar-refractivity contribution in [1.29, 1.82) is 0 Å². The molecular weight excluding hydrogens is 331 g/mol. The van der Waals surface area contributed by atoms with Crippen LogP contribution in [0.4, 0.5) is 4.39 Å². The number of hydrogen-bond acceptors (Lipinski definition) is 4. The van der Waals surface area contributed by atoms with Gasteiger partial charge in [-0.05, 0) is 36.2 Å². The van der Waals surface area contributed by atoms with E-state index in [1.165, 1.54) is 12.1 Å². The van der Waals surface area contributed by atoms with Gasteiger partial charge in [0.1, 0.15) is 5.82 Å². The quantitative estimate of drug-likeness (QED) is 0.913. The second-order valence-corrected chi connectivity index (χ2v) is 8.14. The Balaban J connectivity index is 1.68. The molecule has 0 radical (unpaired) electrons. The Morgan fingerprint density at radius 3 is 2.67 bits per heavy atom. The second-order valence-electron chi connectivity index (χ2n) is 5.91. The minimum absolute atomic E-state index is 0.00768. The van der Waals surface area contributed by atoms with Crippen LogP contribution >= 0.6 is 0 Å². The van der Waals surface area contributed by atoms with Gasteiger partial charge in [-0.1, -0.05) is 12.1 Å². The summed E-state index contributed by atoms with van der Waals surface area (Å²) in [6, 6.07) is 9.03. The number of hydrogen-bond donors (Lipinski definition) is 1. The normalized spacial score (nSPS) is 19.1. The fourth-order valence-electron chi connectivity index (χ4n) is 2.71. The van der Waals surface area contributed by atoms with Crippen molar-refractivity contribution in [2.75, 3.05) is 11.5 Å². The molecule has 0 bridgehead atoms. The van der Waals surface area contributed by atoms with Gasteiger partial charge < -0.3 is 5.32 Å². The van der Waals surface area contributed by atoms with Gasteiger partial charge in [-0.3, -0.25) is 9.78 Å². The Bertz CT molecular complexity index is 850. The topological polar surface area (TPSA) is 76.1 Å². The van der Waals surface area contributed by atoms with E-state index in [-0.39, 0.29) is 29.3 Å². The summed E-state index contributed by atoms with van der Waals surface area (Å²) in [5, 5.41) is 2.75. The lowest BCUT2D eigenvalue weighted by Gasteiger charge is -2.11. The van der Waals surface area contributed by atoms with Gasteiger partial charge in [0, 0.05) is 29.9 Å². The lowest BCUT2D eigenvalue weighted by Crippen LogP contribution is -2.35. The number of nitrogens with one attached hydrogen (secondary N) is 1. The minimum Gasteiger partial charge on any atom is -0.348 e. The number of aromatic nitrogens is 1. The molecule has 1 aromatic heterocycles. The van der Waals surface area contributed by atoms with Gasteiger partial charge in [-0.25, -0.2) is 12.8 Å². The van der Waals surface area contributed by atoms with Crippen LogP contribution in [0.3, 0.4) is 0 Å². The maximum atomic E-state index is 12.9. The first-order valence-electron chi connectivity index (χ1n) is 7.62. The van der Waals surface area contributed by atoms with E-state index < -0.39 is 9.84 Å². The Morgan fingerprint density at radius 2 is 2.00 bits per heavy atom. The van der Waals surface area contributed by atoms with Crippen LogP contribution in [0.5, 0.6) is 0 Å². The first kappa shape index (κ1) is 16.6. The molecule has 0 spiro atoms. The van der Waals surface area contributed by atoms with Crippen LogP contribution < -0.4 is 5.32 Å². The summed E-state index contributed by atoms with van der Waals surface area (Å²) >= 11 is 0. The number of sulfone groups is 1. The number of nitrogens with zero attached hydrogens (tertiary/aromatic N) is 1. The number of carbonyl (C=O) groups excluding carboxylic acids is 1. The molecule has 1 fully saturated rings. The van der Waals surface area contributed by atoms with E-state index in [2.05, 4.69) is 10.3 Å². The second kappa shape index (κ2) is 6.68. The van der Waals surface area contributed by atoms with Gasteiger partial charge in [0.05, 0.1) is 11.5 Å². The van der Waals surface area contributed by atoms with Crippen LogP contribution in [0.15, 0.2) is 42.6 Å². The molecule has 1 saturated heterocycles. The number of carbonyl (C=O) groups is 1. The molecule has 1 amide bonds. The predicted octanol–water partition coefficient (Wildman–Crippen LogP) is 1.73. The number of pyridine rings is 1. The van der Waals surface area contributed by atoms with Crippen molar-refractivity contribution in [1.82, 2.24) is 10.3 Å². The summed E-state index contributed by atoms with van der Waals surface area (Å²) in [5.41, 5.74) is 2.02. The molecule has 0 unspecified atom stereocenters. The van der Waals surface area contributed by atoms with E-state index in [1.54, 1.807) is 30.5 Å². The summed E-state index contributed by atoms with van der Waals surface area (Å²) in [6.45, 7) is 0. The SMILES string of the molecule is O=C(N[C@@H]1CCS(=O)(=O)C1)c1ccnc(Cc2ccc(F)cc2)c1. The number of rotatable bonds is 4. The predicted molar refractivity (Wildman–Crippen MR) is 88.0 cm³/mol. The molecule has 7 heteroatoms. The van der Waals surface area contributed by atoms with Crippen LogP contribution in [0, 0.1) is 5.82 Å². The highest BCUT2D eigenvalue weighted by Crippen LogP contribution is 2.13. The van der Waals surface area contributed by atoms with Crippen LogP contribution in [-0.4, -0.2) is 36.9 Å². The number of benzene rings is 1. The Hall–Kier alpha value is -2.28. The molecule has 1 aromatic carbocycles. The monoisotopic (exact) mass is 348 g/mol. The minimum atomic E-state index is -3.03. The molecule has 2 aromatic rings. The standard InChI is InChI=1S/C17H17FN2O3S/c18-14-3-1-12(2-4-14)9-16-10-13(5-7-19-16)17(21)20-15-6-8-24(22,23)11-15/h1-5,7,10,15H,6,8-9,11H2,(H,20,21)/t15-/m1/s1. The van der Waals surface area contributed by atoms with Gasteiger partial charge in [0.25, 0.3) is 5.91 Å². The third kappa shape index (κ3) is 4.17. The molecule has 1 aliphatic heterocycles. The average Bonchev–Trinajstić information content (AvgIpc) is 2.88. The third-order valence-electron chi connectivity index (χ3n) is 3.94. The molecule has 0 aliphatic carbocycles. The Morgan fingerprint density at radius 1 is 1.25 bits per heavy atom. The van der Waals surface area contributed by atoms with E-state index in [9.17, 15) is 17.6 Å². The zero-order chi connectivity index (χ0) is 17.2. The average molecular weight is 348 g/mol. The molecule has 126 valence electrons. The Kier molecular flexibility index (Phi) is 4.62. The van der Waals surface area contributed by atoms with Gasteiger partial charge >= 0.3 is 0 Å². The van der Waals surface area contributed by atoms with E-state index in [1.807, 2.05) is 0 Å². The van der Waals surface area contributed by atoms with Crippen LogP contribution in [0.1, 0.15) is 28.0 Å². The molecule has 2 heterocycles. The van der Waals surface area contributed by atoms with Crippen molar-refractivity contribution in [2.45, 2.75) is 18.9 Å². The summed E-state index contributed by atoms with van der Waals surface area (Å²) in [6.07, 6.45) is 2.47. The molecule has 5 nitrogen and oxygen atoms in total. The first-order valence-corrected chi connectivity index (χ1v) is 9.44. The third-order valence-corrected chi connectivity index (χ3v) is 5.71. The molecule has 1 atom stereocenters. The van der Waals surface area contributed by atoms with Crippen molar-refractivity contribution in [2.24, 2.45) is 0 Å². The highest BCUT2D eigenvalue weighted by molar-refractivity contribution is 7.91. The maximum Gasteiger partial charge on any atom is 0.251 e. The number of amides is 1. The van der Waals surface area contributed by atoms with Crippen molar-refractivity contribution in [3.8, 4) is 0 Å². The molecule has 1 N–H and O–H groups in total. The summed E-state index contributed by atoms with van der Waals surface area (Å²) in [4.78, 5) is 16.5. The molecule has 24 heavy (non-hydrogen) atoms. The van der Waals surface area contributed by atoms with Crippen LogP contribution in [-0.2, 0) is 16.3 Å². The fourth-order valence-corrected chi connectivity index (χ4v) is 4.38. The highest BCUT2D eigenvalue weighted by Gasteiger charge is 2.29. The fraction of sp³-hybridized carbons (Fsp3) is 0.294. The van der Waals surface area contributed by atoms with E-state index in [0.29, 0.717) is 24.1 Å². The van der Waals surface area contributed by atoms with Gasteiger partial charge in [0.2, 0.25) is 0 Å². The van der Waals surface area contributed by atoms with Crippen molar-refractivity contribution >= 4 is 15.7 Å². The van der Waals surface area contributed by atoms with Crippen LogP contribution in [0.2, 0.25) is 0 Å². The lowest BCUT2D eigenvalue weighted by molar-refractivity contribution is 0.0941.